The number of ether oxygens (including phenoxy) is 1. The van der Waals surface area contributed by atoms with Crippen molar-refractivity contribution in [3.05, 3.63) is 59.7 Å². The Morgan fingerprint density at radius 3 is 2.44 bits per heavy atom. The van der Waals surface area contributed by atoms with Crippen molar-refractivity contribution in [1.29, 1.82) is 0 Å². The van der Waals surface area contributed by atoms with Crippen molar-refractivity contribution in [2.45, 2.75) is 26.2 Å². The van der Waals surface area contributed by atoms with Gasteiger partial charge in [-0.2, -0.15) is 0 Å². The number of hydrogen-bond acceptors (Lipinski definition) is 3. The third-order valence-corrected chi connectivity index (χ3v) is 3.72. The van der Waals surface area contributed by atoms with Crippen molar-refractivity contribution >= 4 is 17.5 Å². The molecule has 0 atom stereocenters. The minimum Gasteiger partial charge on any atom is -0.493 e. The summed E-state index contributed by atoms with van der Waals surface area (Å²) in [5.41, 5.74) is 2.27. The van der Waals surface area contributed by atoms with Gasteiger partial charge in [-0.1, -0.05) is 31.2 Å². The zero-order valence-electron chi connectivity index (χ0n) is 14.7. The van der Waals surface area contributed by atoms with E-state index in [1.807, 2.05) is 43.3 Å². The molecular formula is C20H24N2O3. The molecule has 2 amide bonds. The number of benzene rings is 2. The number of nitrogens with one attached hydrogen (secondary N) is 2. The molecule has 0 aliphatic heterocycles. The number of para-hydroxylation sites is 1. The molecule has 2 aromatic rings. The van der Waals surface area contributed by atoms with E-state index in [0.717, 1.165) is 12.0 Å². The lowest BCUT2D eigenvalue weighted by Crippen LogP contribution is -2.17. The lowest BCUT2D eigenvalue weighted by atomic mass is 10.1. The van der Waals surface area contributed by atoms with Crippen molar-refractivity contribution in [2.75, 3.05) is 19.0 Å². The lowest BCUT2D eigenvalue weighted by Gasteiger charge is -2.11. The number of rotatable bonds is 8. The average molecular weight is 340 g/mol. The molecule has 132 valence electrons. The van der Waals surface area contributed by atoms with Crippen LogP contribution in [0.25, 0.3) is 0 Å². The van der Waals surface area contributed by atoms with E-state index in [1.54, 1.807) is 19.2 Å². The standard InChI is InChI=1S/C20H24N2O3/c1-3-14-25-18-7-5-4-6-17(18)20(24)22-16-11-8-15(9-12-16)10-13-19(23)21-2/h4-9,11-12H,3,10,13-14H2,1-2H3,(H,21,23)(H,22,24). The molecule has 5 heteroatoms. The van der Waals surface area contributed by atoms with Gasteiger partial charge in [0.15, 0.2) is 0 Å². The second-order valence-electron chi connectivity index (χ2n) is 5.67. The van der Waals surface area contributed by atoms with Crippen molar-refractivity contribution in [2.24, 2.45) is 0 Å². The molecule has 0 bridgehead atoms. The Morgan fingerprint density at radius 2 is 1.76 bits per heavy atom. The van der Waals surface area contributed by atoms with Crippen LogP contribution in [0.2, 0.25) is 0 Å². The zero-order chi connectivity index (χ0) is 18.1. The van der Waals surface area contributed by atoms with Gasteiger partial charge in [-0.05, 0) is 42.7 Å². The van der Waals surface area contributed by atoms with Crippen molar-refractivity contribution in [3.8, 4) is 5.75 Å². The quantitative estimate of drug-likeness (QED) is 0.774. The Kier molecular flexibility index (Phi) is 7.01. The van der Waals surface area contributed by atoms with Gasteiger partial charge in [-0.25, -0.2) is 0 Å². The first kappa shape index (κ1) is 18.5. The van der Waals surface area contributed by atoms with Gasteiger partial charge in [-0.3, -0.25) is 9.59 Å². The molecule has 0 radical (unpaired) electrons. The van der Waals surface area contributed by atoms with E-state index in [9.17, 15) is 9.59 Å². The fourth-order valence-corrected chi connectivity index (χ4v) is 2.33. The Balaban J connectivity index is 2.00. The van der Waals surface area contributed by atoms with Gasteiger partial charge in [0.2, 0.25) is 5.91 Å². The van der Waals surface area contributed by atoms with Gasteiger partial charge >= 0.3 is 0 Å². The molecule has 0 aliphatic carbocycles. The van der Waals surface area contributed by atoms with Crippen LogP contribution in [-0.2, 0) is 11.2 Å². The van der Waals surface area contributed by atoms with Crippen LogP contribution >= 0.6 is 0 Å². The number of carbonyl (C=O) groups excluding carboxylic acids is 2. The summed E-state index contributed by atoms with van der Waals surface area (Å²) in [4.78, 5) is 23.8. The van der Waals surface area contributed by atoms with Crippen LogP contribution in [0.1, 0.15) is 35.7 Å². The first-order valence-corrected chi connectivity index (χ1v) is 8.46. The highest BCUT2D eigenvalue weighted by molar-refractivity contribution is 6.06. The number of anilines is 1. The van der Waals surface area contributed by atoms with Crippen LogP contribution in [0.5, 0.6) is 5.75 Å². The summed E-state index contributed by atoms with van der Waals surface area (Å²) in [5, 5.41) is 5.48. The van der Waals surface area contributed by atoms with E-state index in [-0.39, 0.29) is 11.8 Å². The molecule has 2 N–H and O–H groups in total. The van der Waals surface area contributed by atoms with Crippen LogP contribution in [0.3, 0.4) is 0 Å². The number of carbonyl (C=O) groups is 2. The Morgan fingerprint density at radius 1 is 1.04 bits per heavy atom. The lowest BCUT2D eigenvalue weighted by molar-refractivity contribution is -0.120. The van der Waals surface area contributed by atoms with Crippen LogP contribution in [0.15, 0.2) is 48.5 Å². The highest BCUT2D eigenvalue weighted by Gasteiger charge is 2.12. The molecule has 0 saturated carbocycles. The van der Waals surface area contributed by atoms with E-state index >= 15 is 0 Å². The minimum absolute atomic E-state index is 0.0149. The summed E-state index contributed by atoms with van der Waals surface area (Å²) in [6.07, 6.45) is 2.00. The fourth-order valence-electron chi connectivity index (χ4n) is 2.33. The molecule has 2 aromatic carbocycles. The van der Waals surface area contributed by atoms with Crippen molar-refractivity contribution in [3.63, 3.8) is 0 Å². The first-order chi connectivity index (χ1) is 12.1. The second-order valence-corrected chi connectivity index (χ2v) is 5.67. The third kappa shape index (κ3) is 5.64. The van der Waals surface area contributed by atoms with Gasteiger partial charge < -0.3 is 15.4 Å². The molecule has 0 unspecified atom stereocenters. The number of hydrogen-bond donors (Lipinski definition) is 2. The van der Waals surface area contributed by atoms with Crippen molar-refractivity contribution in [1.82, 2.24) is 5.32 Å². The summed E-state index contributed by atoms with van der Waals surface area (Å²) in [6, 6.07) is 14.7. The molecule has 2 rings (SSSR count). The molecular weight excluding hydrogens is 316 g/mol. The molecule has 0 heterocycles. The molecule has 0 spiro atoms. The highest BCUT2D eigenvalue weighted by Crippen LogP contribution is 2.20. The van der Waals surface area contributed by atoms with Crippen LogP contribution in [0, 0.1) is 0 Å². The maximum Gasteiger partial charge on any atom is 0.259 e. The average Bonchev–Trinajstić information content (AvgIpc) is 2.65. The summed E-state index contributed by atoms with van der Waals surface area (Å²) in [6.45, 7) is 2.60. The van der Waals surface area contributed by atoms with E-state index in [0.29, 0.717) is 36.4 Å². The van der Waals surface area contributed by atoms with E-state index in [1.165, 1.54) is 0 Å². The Labute approximate surface area is 148 Å². The SMILES string of the molecule is CCCOc1ccccc1C(=O)Nc1ccc(CCC(=O)NC)cc1. The summed E-state index contributed by atoms with van der Waals surface area (Å²) >= 11 is 0. The van der Waals surface area contributed by atoms with Gasteiger partial charge in [0.25, 0.3) is 5.91 Å². The summed E-state index contributed by atoms with van der Waals surface area (Å²) < 4.78 is 5.63. The molecule has 0 saturated heterocycles. The monoisotopic (exact) mass is 340 g/mol. The minimum atomic E-state index is -0.204. The predicted molar refractivity (Wildman–Crippen MR) is 99.0 cm³/mol. The van der Waals surface area contributed by atoms with E-state index in [2.05, 4.69) is 10.6 Å². The molecule has 0 aliphatic rings. The van der Waals surface area contributed by atoms with Gasteiger partial charge in [0.1, 0.15) is 5.75 Å². The maximum atomic E-state index is 12.5. The summed E-state index contributed by atoms with van der Waals surface area (Å²) in [5.74, 6) is 0.398. The smallest absolute Gasteiger partial charge is 0.259 e. The highest BCUT2D eigenvalue weighted by atomic mass is 16.5. The van der Waals surface area contributed by atoms with Crippen LogP contribution in [0.4, 0.5) is 5.69 Å². The summed E-state index contributed by atoms with van der Waals surface area (Å²) in [7, 11) is 1.63. The maximum absolute atomic E-state index is 12.5. The molecule has 0 fully saturated rings. The molecule has 0 aromatic heterocycles. The molecule has 25 heavy (non-hydrogen) atoms. The van der Waals surface area contributed by atoms with E-state index < -0.39 is 0 Å². The van der Waals surface area contributed by atoms with E-state index in [4.69, 9.17) is 4.74 Å². The number of amides is 2. The fraction of sp³-hybridized carbons (Fsp3) is 0.300. The largest absolute Gasteiger partial charge is 0.493 e. The van der Waals surface area contributed by atoms with Gasteiger partial charge in [0.05, 0.1) is 12.2 Å². The third-order valence-electron chi connectivity index (χ3n) is 3.72. The van der Waals surface area contributed by atoms with Crippen LogP contribution < -0.4 is 15.4 Å². The zero-order valence-corrected chi connectivity index (χ0v) is 14.7. The van der Waals surface area contributed by atoms with Gasteiger partial charge in [-0.15, -0.1) is 0 Å². The molecule has 5 nitrogen and oxygen atoms in total. The number of aryl methyl sites for hydroxylation is 1. The predicted octanol–water partition coefficient (Wildman–Crippen LogP) is 3.41. The first-order valence-electron chi connectivity index (χ1n) is 8.46. The second kappa shape index (κ2) is 9.47. The van der Waals surface area contributed by atoms with Crippen LogP contribution in [-0.4, -0.2) is 25.5 Å². The Hall–Kier alpha value is -2.82. The normalized spacial score (nSPS) is 10.2. The van der Waals surface area contributed by atoms with Crippen molar-refractivity contribution < 1.29 is 14.3 Å². The Bertz CT molecular complexity index is 711. The topological polar surface area (TPSA) is 67.4 Å². The van der Waals surface area contributed by atoms with Gasteiger partial charge in [0, 0.05) is 19.2 Å².